The van der Waals surface area contributed by atoms with Crippen molar-refractivity contribution in [3.63, 3.8) is 0 Å². The molecule has 0 aromatic rings. The predicted octanol–water partition coefficient (Wildman–Crippen LogP) is 0.528. The highest BCUT2D eigenvalue weighted by Gasteiger charge is 2.58. The Morgan fingerprint density at radius 3 is 2.69 bits per heavy atom. The van der Waals surface area contributed by atoms with Crippen LogP contribution in [0.25, 0.3) is 0 Å². The molecule has 4 nitrogen and oxygen atoms in total. The standard InChI is InChI=1S/C9H15NO3/c1-10(2)9-4-3-6(13-9)5-7(9)8(11)12/h6-7H,3-5H2,1-2H3,(H,11,12). The molecular formula is C9H15NO3. The summed E-state index contributed by atoms with van der Waals surface area (Å²) in [5.74, 6) is -1.07. The van der Waals surface area contributed by atoms with Crippen molar-refractivity contribution in [3.05, 3.63) is 0 Å². The summed E-state index contributed by atoms with van der Waals surface area (Å²) in [6, 6.07) is 0. The van der Waals surface area contributed by atoms with Crippen LogP contribution < -0.4 is 0 Å². The Bertz CT molecular complexity index is 241. The van der Waals surface area contributed by atoms with Gasteiger partial charge in [0.2, 0.25) is 0 Å². The number of ether oxygens (including phenoxy) is 1. The van der Waals surface area contributed by atoms with Gasteiger partial charge in [0, 0.05) is 0 Å². The van der Waals surface area contributed by atoms with Gasteiger partial charge >= 0.3 is 5.97 Å². The van der Waals surface area contributed by atoms with E-state index in [1.807, 2.05) is 19.0 Å². The molecule has 2 aliphatic heterocycles. The number of aliphatic carboxylic acids is 1. The molecule has 2 aliphatic rings. The summed E-state index contributed by atoms with van der Waals surface area (Å²) in [6.07, 6.45) is 2.69. The molecule has 0 aromatic carbocycles. The fourth-order valence-electron chi connectivity index (χ4n) is 2.58. The van der Waals surface area contributed by atoms with Gasteiger partial charge in [0.05, 0.1) is 6.10 Å². The van der Waals surface area contributed by atoms with E-state index in [-0.39, 0.29) is 12.0 Å². The minimum Gasteiger partial charge on any atom is -0.481 e. The summed E-state index contributed by atoms with van der Waals surface area (Å²) >= 11 is 0. The average molecular weight is 185 g/mol. The van der Waals surface area contributed by atoms with Crippen LogP contribution in [0.5, 0.6) is 0 Å². The van der Waals surface area contributed by atoms with Crippen LogP contribution in [0.2, 0.25) is 0 Å². The van der Waals surface area contributed by atoms with Gasteiger partial charge in [0.25, 0.3) is 0 Å². The van der Waals surface area contributed by atoms with Gasteiger partial charge in [0.1, 0.15) is 11.6 Å². The van der Waals surface area contributed by atoms with Crippen LogP contribution in [-0.4, -0.2) is 41.9 Å². The highest BCUT2D eigenvalue weighted by atomic mass is 16.5. The Hall–Kier alpha value is -0.610. The molecule has 0 aromatic heterocycles. The van der Waals surface area contributed by atoms with Crippen LogP contribution >= 0.6 is 0 Å². The van der Waals surface area contributed by atoms with Crippen molar-refractivity contribution in [2.24, 2.45) is 5.92 Å². The molecule has 0 aliphatic carbocycles. The number of nitrogens with zero attached hydrogens (tertiary/aromatic N) is 1. The molecule has 74 valence electrons. The Balaban J connectivity index is 2.27. The van der Waals surface area contributed by atoms with E-state index in [0.29, 0.717) is 6.42 Å². The molecule has 3 atom stereocenters. The lowest BCUT2D eigenvalue weighted by molar-refractivity contribution is -0.160. The van der Waals surface area contributed by atoms with Crippen LogP contribution in [0.15, 0.2) is 0 Å². The van der Waals surface area contributed by atoms with E-state index < -0.39 is 11.7 Å². The fourth-order valence-corrected chi connectivity index (χ4v) is 2.58. The van der Waals surface area contributed by atoms with Crippen LogP contribution in [0.1, 0.15) is 19.3 Å². The van der Waals surface area contributed by atoms with Crippen LogP contribution in [0.4, 0.5) is 0 Å². The highest BCUT2D eigenvalue weighted by Crippen LogP contribution is 2.48. The van der Waals surface area contributed by atoms with Gasteiger partial charge < -0.3 is 9.84 Å². The smallest absolute Gasteiger partial charge is 0.310 e. The van der Waals surface area contributed by atoms with Crippen molar-refractivity contribution < 1.29 is 14.6 Å². The van der Waals surface area contributed by atoms with Crippen molar-refractivity contribution >= 4 is 5.97 Å². The van der Waals surface area contributed by atoms with E-state index in [2.05, 4.69) is 0 Å². The second-order valence-electron chi connectivity index (χ2n) is 4.14. The lowest BCUT2D eigenvalue weighted by Crippen LogP contribution is -2.50. The van der Waals surface area contributed by atoms with Crippen molar-refractivity contribution in [3.8, 4) is 0 Å². The van der Waals surface area contributed by atoms with Crippen molar-refractivity contribution in [1.29, 1.82) is 0 Å². The first-order chi connectivity index (χ1) is 6.06. The Morgan fingerprint density at radius 1 is 1.62 bits per heavy atom. The second kappa shape index (κ2) is 2.69. The number of carboxylic acids is 1. The second-order valence-corrected chi connectivity index (χ2v) is 4.14. The quantitative estimate of drug-likeness (QED) is 0.681. The maximum absolute atomic E-state index is 11.0. The fraction of sp³-hybridized carbons (Fsp3) is 0.889. The minimum atomic E-state index is -0.726. The van der Waals surface area contributed by atoms with Crippen molar-refractivity contribution in [1.82, 2.24) is 4.90 Å². The molecule has 0 spiro atoms. The van der Waals surface area contributed by atoms with Gasteiger partial charge in [-0.2, -0.15) is 0 Å². The van der Waals surface area contributed by atoms with Gasteiger partial charge in [-0.1, -0.05) is 0 Å². The van der Waals surface area contributed by atoms with Gasteiger partial charge in [-0.25, -0.2) is 0 Å². The van der Waals surface area contributed by atoms with Crippen molar-refractivity contribution in [2.45, 2.75) is 31.1 Å². The van der Waals surface area contributed by atoms with E-state index >= 15 is 0 Å². The lowest BCUT2D eigenvalue weighted by Gasteiger charge is -2.36. The first-order valence-electron chi connectivity index (χ1n) is 4.64. The number of carboxylic acid groups (broad SMARTS) is 1. The Labute approximate surface area is 77.5 Å². The first kappa shape index (κ1) is 8.97. The molecule has 2 heterocycles. The normalized spacial score (nSPS) is 43.0. The third-order valence-corrected chi connectivity index (χ3v) is 3.29. The molecule has 1 N–H and O–H groups in total. The number of carbonyl (C=O) groups is 1. The zero-order chi connectivity index (χ0) is 9.64. The summed E-state index contributed by atoms with van der Waals surface area (Å²) in [7, 11) is 3.78. The Kier molecular flexibility index (Phi) is 1.85. The van der Waals surface area contributed by atoms with Crippen LogP contribution in [-0.2, 0) is 9.53 Å². The zero-order valence-electron chi connectivity index (χ0n) is 7.99. The molecule has 13 heavy (non-hydrogen) atoms. The topological polar surface area (TPSA) is 49.8 Å². The highest BCUT2D eigenvalue weighted by molar-refractivity contribution is 5.72. The summed E-state index contributed by atoms with van der Waals surface area (Å²) in [5, 5.41) is 9.04. The van der Waals surface area contributed by atoms with Crippen LogP contribution in [0.3, 0.4) is 0 Å². The van der Waals surface area contributed by atoms with E-state index in [1.165, 1.54) is 0 Å². The Morgan fingerprint density at radius 2 is 2.31 bits per heavy atom. The van der Waals surface area contributed by atoms with Crippen LogP contribution in [0, 0.1) is 5.92 Å². The largest absolute Gasteiger partial charge is 0.481 e. The molecule has 2 fully saturated rings. The van der Waals surface area contributed by atoms with Gasteiger partial charge in [-0.15, -0.1) is 0 Å². The lowest BCUT2D eigenvalue weighted by atomic mass is 9.83. The number of hydrogen-bond acceptors (Lipinski definition) is 3. The van der Waals surface area contributed by atoms with E-state index in [1.54, 1.807) is 0 Å². The van der Waals surface area contributed by atoms with Crippen molar-refractivity contribution in [2.75, 3.05) is 14.1 Å². The molecule has 2 rings (SSSR count). The molecule has 4 heteroatoms. The van der Waals surface area contributed by atoms with E-state index in [9.17, 15) is 4.79 Å². The summed E-state index contributed by atoms with van der Waals surface area (Å²) in [4.78, 5) is 12.9. The molecular weight excluding hydrogens is 170 g/mol. The molecule has 3 unspecified atom stereocenters. The number of hydrogen-bond donors (Lipinski definition) is 1. The third-order valence-electron chi connectivity index (χ3n) is 3.29. The molecule has 0 saturated carbocycles. The number of rotatable bonds is 2. The van der Waals surface area contributed by atoms with E-state index in [4.69, 9.17) is 9.84 Å². The third kappa shape index (κ3) is 1.09. The van der Waals surface area contributed by atoms with E-state index in [0.717, 1.165) is 12.8 Å². The monoisotopic (exact) mass is 185 g/mol. The van der Waals surface area contributed by atoms with Gasteiger partial charge in [-0.05, 0) is 33.4 Å². The maximum atomic E-state index is 11.0. The van der Waals surface area contributed by atoms with Gasteiger partial charge in [-0.3, -0.25) is 9.69 Å². The maximum Gasteiger partial charge on any atom is 0.310 e. The molecule has 2 saturated heterocycles. The van der Waals surface area contributed by atoms with Gasteiger partial charge in [0.15, 0.2) is 0 Å². The molecule has 2 bridgehead atoms. The molecule has 0 radical (unpaired) electrons. The predicted molar refractivity (Wildman–Crippen MR) is 46.3 cm³/mol. The summed E-state index contributed by atoms with van der Waals surface area (Å²) < 4.78 is 5.74. The minimum absolute atomic E-state index is 0.170. The average Bonchev–Trinajstić information content (AvgIpc) is 2.60. The molecule has 0 amide bonds. The summed E-state index contributed by atoms with van der Waals surface area (Å²) in [5.41, 5.74) is -0.517. The first-order valence-corrected chi connectivity index (χ1v) is 4.64. The SMILES string of the molecule is CN(C)C12CCC(CC1C(=O)O)O2. The zero-order valence-corrected chi connectivity index (χ0v) is 7.99. The summed E-state index contributed by atoms with van der Waals surface area (Å²) in [6.45, 7) is 0. The number of fused-ring (bicyclic) bond motifs is 2.